The molecule has 5 heteroatoms. The van der Waals surface area contributed by atoms with E-state index in [1.54, 1.807) is 0 Å². The van der Waals surface area contributed by atoms with Crippen molar-refractivity contribution in [3.63, 3.8) is 0 Å². The third-order valence-corrected chi connectivity index (χ3v) is 8.69. The zero-order valence-corrected chi connectivity index (χ0v) is 26.2. The molecule has 0 spiro atoms. The van der Waals surface area contributed by atoms with E-state index in [2.05, 4.69) is 34.6 Å². The Labute approximate surface area is 237 Å². The molecular weight excluding hydrogens is 488 g/mol. The molecule has 0 fully saturated rings. The number of ether oxygens (including phenoxy) is 2. The molecule has 1 aromatic carbocycles. The number of benzene rings is 1. The molecule has 1 aliphatic rings. The van der Waals surface area contributed by atoms with E-state index in [0.29, 0.717) is 5.75 Å². The predicted molar refractivity (Wildman–Crippen MR) is 160 cm³/mol. The molecule has 220 valence electrons. The number of carbonyl (C=O) groups is 2. The van der Waals surface area contributed by atoms with Crippen LogP contribution in [0.5, 0.6) is 11.5 Å². The van der Waals surface area contributed by atoms with Crippen molar-refractivity contribution in [2.75, 3.05) is 0 Å². The molecule has 3 atom stereocenters. The highest BCUT2D eigenvalue weighted by Gasteiger charge is 2.35. The van der Waals surface area contributed by atoms with Gasteiger partial charge in [-0.25, -0.2) is 9.59 Å². The molecule has 0 aromatic heterocycles. The Morgan fingerprint density at radius 3 is 2.05 bits per heavy atom. The fourth-order valence-electron chi connectivity index (χ4n) is 5.83. The van der Waals surface area contributed by atoms with Crippen LogP contribution in [0.2, 0.25) is 0 Å². The minimum atomic E-state index is -1.16. The van der Waals surface area contributed by atoms with Crippen LogP contribution in [-0.2, 0) is 16.0 Å². The fraction of sp³-hybridized carbons (Fsp3) is 0.706. The normalized spacial score (nSPS) is 18.9. The summed E-state index contributed by atoms with van der Waals surface area (Å²) in [5, 5.41) is 8.95. The maximum Gasteiger partial charge on any atom is 0.339 e. The maximum absolute atomic E-state index is 12.5. The molecule has 0 aliphatic carbocycles. The lowest BCUT2D eigenvalue weighted by molar-refractivity contribution is -0.133. The minimum Gasteiger partial charge on any atom is -0.487 e. The van der Waals surface area contributed by atoms with Crippen LogP contribution in [-0.4, -0.2) is 22.6 Å². The van der Waals surface area contributed by atoms with E-state index < -0.39 is 11.9 Å². The molecule has 1 heterocycles. The second-order valence-electron chi connectivity index (χ2n) is 13.0. The van der Waals surface area contributed by atoms with E-state index in [1.165, 1.54) is 58.3 Å². The van der Waals surface area contributed by atoms with E-state index >= 15 is 0 Å². The largest absolute Gasteiger partial charge is 0.487 e. The number of esters is 1. The standard InChI is InChI=1S/C34H54O5/c1-22(2)13-10-14-23(3)15-11-16-24(4)17-12-19-34(9)20-18-29-28(8)31(26(6)27(7)32(29)39-34)38-33(37)25(5)21-30(35)36/h21-24H,10-20H2,1-9H3,(H,35,36)/b25-21-. The highest BCUT2D eigenvalue weighted by atomic mass is 16.5. The Balaban J connectivity index is 1.92. The fourth-order valence-corrected chi connectivity index (χ4v) is 5.83. The topological polar surface area (TPSA) is 72.8 Å². The second kappa shape index (κ2) is 14.9. The molecule has 0 radical (unpaired) electrons. The second-order valence-corrected chi connectivity index (χ2v) is 13.0. The zero-order chi connectivity index (χ0) is 29.3. The first-order valence-corrected chi connectivity index (χ1v) is 15.2. The highest BCUT2D eigenvalue weighted by Crippen LogP contribution is 2.45. The molecule has 39 heavy (non-hydrogen) atoms. The van der Waals surface area contributed by atoms with Gasteiger partial charge in [-0.15, -0.1) is 0 Å². The van der Waals surface area contributed by atoms with Crippen LogP contribution in [0.25, 0.3) is 0 Å². The molecular formula is C34H54O5. The van der Waals surface area contributed by atoms with Crippen LogP contribution in [0.1, 0.15) is 128 Å². The third-order valence-electron chi connectivity index (χ3n) is 8.69. The van der Waals surface area contributed by atoms with Crippen molar-refractivity contribution >= 4 is 11.9 Å². The van der Waals surface area contributed by atoms with Gasteiger partial charge in [-0.1, -0.05) is 72.6 Å². The van der Waals surface area contributed by atoms with Gasteiger partial charge in [0.2, 0.25) is 0 Å². The SMILES string of the molecule is C/C(=C/C(=O)O)C(=O)Oc1c(C)c(C)c2c(c1C)CCC(C)(CCCC(C)CCCC(C)CCCC(C)C)O2. The average molecular weight is 543 g/mol. The monoisotopic (exact) mass is 542 g/mol. The molecule has 1 aliphatic heterocycles. The summed E-state index contributed by atoms with van der Waals surface area (Å²) in [6.07, 6.45) is 14.2. The maximum atomic E-state index is 12.5. The van der Waals surface area contributed by atoms with Crippen molar-refractivity contribution in [3.05, 3.63) is 33.9 Å². The molecule has 0 saturated carbocycles. The van der Waals surface area contributed by atoms with Crippen molar-refractivity contribution in [1.82, 2.24) is 0 Å². The first-order chi connectivity index (χ1) is 18.2. The Kier molecular flexibility index (Phi) is 12.6. The van der Waals surface area contributed by atoms with Gasteiger partial charge in [-0.3, -0.25) is 0 Å². The predicted octanol–water partition coefficient (Wildman–Crippen LogP) is 9.07. The van der Waals surface area contributed by atoms with E-state index in [0.717, 1.165) is 71.1 Å². The van der Waals surface area contributed by atoms with Crippen molar-refractivity contribution in [2.45, 2.75) is 139 Å². The first-order valence-electron chi connectivity index (χ1n) is 15.2. The summed E-state index contributed by atoms with van der Waals surface area (Å²) in [6.45, 7) is 19.0. The van der Waals surface area contributed by atoms with Crippen molar-refractivity contribution in [3.8, 4) is 11.5 Å². The minimum absolute atomic E-state index is 0.0610. The molecule has 5 nitrogen and oxygen atoms in total. The highest BCUT2D eigenvalue weighted by molar-refractivity contribution is 5.96. The van der Waals surface area contributed by atoms with Crippen molar-refractivity contribution < 1.29 is 24.2 Å². The molecule has 3 unspecified atom stereocenters. The Morgan fingerprint density at radius 2 is 1.49 bits per heavy atom. The van der Waals surface area contributed by atoms with E-state index in [4.69, 9.17) is 14.6 Å². The summed E-state index contributed by atoms with van der Waals surface area (Å²) in [5.74, 6) is 2.05. The Morgan fingerprint density at radius 1 is 0.923 bits per heavy atom. The molecule has 0 amide bonds. The lowest BCUT2D eigenvalue weighted by Gasteiger charge is -2.38. The Hall–Kier alpha value is -2.30. The number of hydrogen-bond donors (Lipinski definition) is 1. The number of carboxylic acid groups (broad SMARTS) is 1. The average Bonchev–Trinajstić information content (AvgIpc) is 2.84. The van der Waals surface area contributed by atoms with Gasteiger partial charge in [0, 0.05) is 17.2 Å². The van der Waals surface area contributed by atoms with Gasteiger partial charge in [0.15, 0.2) is 0 Å². The van der Waals surface area contributed by atoms with Gasteiger partial charge in [0.25, 0.3) is 0 Å². The summed E-state index contributed by atoms with van der Waals surface area (Å²) in [4.78, 5) is 23.4. The number of hydrogen-bond acceptors (Lipinski definition) is 4. The Bertz CT molecular complexity index is 1020. The summed E-state index contributed by atoms with van der Waals surface area (Å²) in [6, 6.07) is 0. The number of carboxylic acids is 1. The zero-order valence-electron chi connectivity index (χ0n) is 26.2. The van der Waals surface area contributed by atoms with E-state index in [9.17, 15) is 9.59 Å². The molecule has 1 N–H and O–H groups in total. The third kappa shape index (κ3) is 9.99. The molecule has 1 aromatic rings. The lowest BCUT2D eigenvalue weighted by Crippen LogP contribution is -2.37. The smallest absolute Gasteiger partial charge is 0.339 e. The lowest BCUT2D eigenvalue weighted by atomic mass is 9.83. The van der Waals surface area contributed by atoms with Gasteiger partial charge in [-0.05, 0) is 94.7 Å². The molecule has 0 saturated heterocycles. The van der Waals surface area contributed by atoms with Gasteiger partial charge < -0.3 is 14.6 Å². The molecule has 2 rings (SSSR count). The van der Waals surface area contributed by atoms with Crippen molar-refractivity contribution in [2.24, 2.45) is 17.8 Å². The number of rotatable bonds is 15. The quantitative estimate of drug-likeness (QED) is 0.136. The molecule has 0 bridgehead atoms. The van der Waals surface area contributed by atoms with Crippen LogP contribution in [0.4, 0.5) is 0 Å². The van der Waals surface area contributed by atoms with Crippen LogP contribution in [0, 0.1) is 38.5 Å². The van der Waals surface area contributed by atoms with Crippen LogP contribution >= 0.6 is 0 Å². The van der Waals surface area contributed by atoms with E-state index in [1.807, 2.05) is 20.8 Å². The summed E-state index contributed by atoms with van der Waals surface area (Å²) in [5.41, 5.74) is 3.71. The van der Waals surface area contributed by atoms with E-state index in [-0.39, 0.29) is 11.2 Å². The summed E-state index contributed by atoms with van der Waals surface area (Å²) in [7, 11) is 0. The first kappa shape index (κ1) is 32.9. The van der Waals surface area contributed by atoms with Crippen LogP contribution in [0.3, 0.4) is 0 Å². The van der Waals surface area contributed by atoms with Crippen molar-refractivity contribution in [1.29, 1.82) is 0 Å². The summed E-state index contributed by atoms with van der Waals surface area (Å²) >= 11 is 0. The summed E-state index contributed by atoms with van der Waals surface area (Å²) < 4.78 is 12.4. The van der Waals surface area contributed by atoms with Gasteiger partial charge in [-0.2, -0.15) is 0 Å². The van der Waals surface area contributed by atoms with Gasteiger partial charge in [0.05, 0.1) is 0 Å². The number of aliphatic carboxylic acids is 1. The number of fused-ring (bicyclic) bond motifs is 1. The van der Waals surface area contributed by atoms with Gasteiger partial charge in [0.1, 0.15) is 17.1 Å². The van der Waals surface area contributed by atoms with Crippen LogP contribution in [0.15, 0.2) is 11.6 Å². The van der Waals surface area contributed by atoms with Gasteiger partial charge >= 0.3 is 11.9 Å². The number of carbonyl (C=O) groups excluding carboxylic acids is 1. The van der Waals surface area contributed by atoms with Crippen LogP contribution < -0.4 is 9.47 Å².